The smallest absolute Gasteiger partial charge is 0.338 e. The highest BCUT2D eigenvalue weighted by atomic mass is 16.5. The summed E-state index contributed by atoms with van der Waals surface area (Å²) in [5.74, 6) is -0.327. The summed E-state index contributed by atoms with van der Waals surface area (Å²) in [5.41, 5.74) is 4.29. The molecule has 0 spiro atoms. The second-order valence-electron chi connectivity index (χ2n) is 4.38. The topological polar surface area (TPSA) is 46.5 Å². The normalized spacial score (nSPS) is 10.3. The van der Waals surface area contributed by atoms with Crippen LogP contribution in [0.1, 0.15) is 21.5 Å². The molecule has 0 amide bonds. The summed E-state index contributed by atoms with van der Waals surface area (Å²) >= 11 is 0. The van der Waals surface area contributed by atoms with Crippen LogP contribution in [0.15, 0.2) is 42.5 Å². The predicted molar refractivity (Wildman–Crippen MR) is 73.9 cm³/mol. The minimum Gasteiger partial charge on any atom is -0.465 e. The fourth-order valence-electron chi connectivity index (χ4n) is 1.93. The van der Waals surface area contributed by atoms with Gasteiger partial charge in [0.2, 0.25) is 0 Å². The molecule has 98 valence electrons. The van der Waals surface area contributed by atoms with Gasteiger partial charge in [-0.05, 0) is 35.2 Å². The molecule has 0 saturated heterocycles. The van der Waals surface area contributed by atoms with Gasteiger partial charge in [-0.25, -0.2) is 4.79 Å². The number of hydrogen-bond donors (Lipinski definition) is 1. The highest BCUT2D eigenvalue weighted by molar-refractivity contribution is 5.92. The Kier molecular flexibility index (Phi) is 3.97. The summed E-state index contributed by atoms with van der Waals surface area (Å²) in [5, 5.41) is 9.02. The van der Waals surface area contributed by atoms with Gasteiger partial charge in [-0.1, -0.05) is 36.4 Å². The van der Waals surface area contributed by atoms with Crippen molar-refractivity contribution < 1.29 is 14.6 Å². The lowest BCUT2D eigenvalue weighted by molar-refractivity contribution is 0.0600. The molecule has 2 rings (SSSR count). The molecule has 1 N–H and O–H groups in total. The highest BCUT2D eigenvalue weighted by Crippen LogP contribution is 2.23. The first kappa shape index (κ1) is 13.3. The van der Waals surface area contributed by atoms with Gasteiger partial charge in [-0.2, -0.15) is 0 Å². The molecule has 0 aromatic heterocycles. The Morgan fingerprint density at radius 1 is 1.11 bits per heavy atom. The second kappa shape index (κ2) is 5.67. The van der Waals surface area contributed by atoms with Crippen LogP contribution in [0.25, 0.3) is 11.1 Å². The number of carbonyl (C=O) groups is 1. The number of carbonyl (C=O) groups excluding carboxylic acids is 1. The largest absolute Gasteiger partial charge is 0.465 e. The molecule has 19 heavy (non-hydrogen) atoms. The summed E-state index contributed by atoms with van der Waals surface area (Å²) in [7, 11) is 1.38. The van der Waals surface area contributed by atoms with Crippen LogP contribution in [0.5, 0.6) is 0 Å². The first-order valence-electron chi connectivity index (χ1n) is 6.05. The molecule has 0 saturated carbocycles. The highest BCUT2D eigenvalue weighted by Gasteiger charge is 2.10. The Morgan fingerprint density at radius 3 is 2.32 bits per heavy atom. The van der Waals surface area contributed by atoms with Crippen LogP contribution in [0.2, 0.25) is 0 Å². The Morgan fingerprint density at radius 2 is 1.74 bits per heavy atom. The van der Waals surface area contributed by atoms with Gasteiger partial charge in [0.05, 0.1) is 19.3 Å². The van der Waals surface area contributed by atoms with E-state index in [4.69, 9.17) is 9.84 Å². The predicted octanol–water partition coefficient (Wildman–Crippen LogP) is 2.94. The number of aliphatic hydroxyl groups is 1. The summed E-state index contributed by atoms with van der Waals surface area (Å²) in [6, 6.07) is 13.3. The van der Waals surface area contributed by atoms with Gasteiger partial charge >= 0.3 is 5.97 Å². The maximum Gasteiger partial charge on any atom is 0.338 e. The number of esters is 1. The number of aliphatic hydroxyl groups excluding tert-OH is 1. The summed E-state index contributed by atoms with van der Waals surface area (Å²) in [6.45, 7) is 1.91. The van der Waals surface area contributed by atoms with Crippen LogP contribution in [0, 0.1) is 6.92 Å². The summed E-state index contributed by atoms with van der Waals surface area (Å²) in [6.07, 6.45) is 0. The molecule has 3 heteroatoms. The van der Waals surface area contributed by atoms with E-state index in [1.165, 1.54) is 7.11 Å². The van der Waals surface area contributed by atoms with Gasteiger partial charge in [0.15, 0.2) is 0 Å². The van der Waals surface area contributed by atoms with Crippen LogP contribution < -0.4 is 0 Å². The minimum atomic E-state index is -0.327. The minimum absolute atomic E-state index is 0.0294. The van der Waals surface area contributed by atoms with E-state index in [0.717, 1.165) is 22.3 Å². The number of methoxy groups -OCH3 is 1. The molecular formula is C16H16O3. The van der Waals surface area contributed by atoms with Gasteiger partial charge in [0.25, 0.3) is 0 Å². The summed E-state index contributed by atoms with van der Waals surface area (Å²) in [4.78, 5) is 11.7. The number of hydrogen-bond acceptors (Lipinski definition) is 3. The van der Waals surface area contributed by atoms with Crippen molar-refractivity contribution in [1.82, 2.24) is 0 Å². The van der Waals surface area contributed by atoms with Crippen LogP contribution in [0.4, 0.5) is 0 Å². The van der Waals surface area contributed by atoms with Crippen LogP contribution in [-0.4, -0.2) is 18.2 Å². The van der Waals surface area contributed by atoms with Crippen LogP contribution in [0.3, 0.4) is 0 Å². The van der Waals surface area contributed by atoms with Gasteiger partial charge in [-0.3, -0.25) is 0 Å². The van der Waals surface area contributed by atoms with E-state index >= 15 is 0 Å². The third-order valence-corrected chi connectivity index (χ3v) is 3.11. The number of rotatable bonds is 3. The van der Waals surface area contributed by atoms with E-state index in [9.17, 15) is 4.79 Å². The van der Waals surface area contributed by atoms with E-state index < -0.39 is 0 Å². The Hall–Kier alpha value is -2.13. The van der Waals surface area contributed by atoms with Crippen molar-refractivity contribution in [2.45, 2.75) is 13.5 Å². The lowest BCUT2D eigenvalue weighted by Gasteiger charge is -2.08. The van der Waals surface area contributed by atoms with Crippen molar-refractivity contribution in [3.63, 3.8) is 0 Å². The Labute approximate surface area is 112 Å². The zero-order valence-corrected chi connectivity index (χ0v) is 11.0. The molecule has 0 atom stereocenters. The SMILES string of the molecule is COC(=O)c1cc(-c2ccc(CO)cc2)ccc1C. The zero-order chi connectivity index (χ0) is 13.8. The fourth-order valence-corrected chi connectivity index (χ4v) is 1.93. The molecule has 2 aromatic carbocycles. The first-order valence-corrected chi connectivity index (χ1v) is 6.05. The second-order valence-corrected chi connectivity index (χ2v) is 4.38. The zero-order valence-electron chi connectivity index (χ0n) is 11.0. The third-order valence-electron chi connectivity index (χ3n) is 3.11. The number of aryl methyl sites for hydroxylation is 1. The summed E-state index contributed by atoms with van der Waals surface area (Å²) < 4.78 is 4.77. The number of ether oxygens (including phenoxy) is 1. The average molecular weight is 256 g/mol. The van der Waals surface area contributed by atoms with Gasteiger partial charge in [-0.15, -0.1) is 0 Å². The quantitative estimate of drug-likeness (QED) is 0.859. The Bertz CT molecular complexity index is 585. The lowest BCUT2D eigenvalue weighted by atomic mass is 9.99. The molecule has 0 fully saturated rings. The lowest BCUT2D eigenvalue weighted by Crippen LogP contribution is -2.03. The molecule has 0 heterocycles. The molecule has 2 aromatic rings. The molecule has 0 aliphatic carbocycles. The Balaban J connectivity index is 2.42. The molecule has 0 aliphatic rings. The van der Waals surface area contributed by atoms with Crippen molar-refractivity contribution in [3.05, 3.63) is 59.2 Å². The van der Waals surface area contributed by atoms with E-state index in [2.05, 4.69) is 0 Å². The maximum atomic E-state index is 11.7. The van der Waals surface area contributed by atoms with Crippen molar-refractivity contribution in [3.8, 4) is 11.1 Å². The molecule has 3 nitrogen and oxygen atoms in total. The third kappa shape index (κ3) is 2.83. The maximum absolute atomic E-state index is 11.7. The van der Waals surface area contributed by atoms with E-state index in [0.29, 0.717) is 5.56 Å². The van der Waals surface area contributed by atoms with E-state index in [1.54, 1.807) is 0 Å². The van der Waals surface area contributed by atoms with Crippen LogP contribution in [-0.2, 0) is 11.3 Å². The molecular weight excluding hydrogens is 240 g/mol. The molecule has 0 aliphatic heterocycles. The fraction of sp³-hybridized carbons (Fsp3) is 0.188. The first-order chi connectivity index (χ1) is 9.15. The van der Waals surface area contributed by atoms with Gasteiger partial charge in [0, 0.05) is 0 Å². The number of benzene rings is 2. The monoisotopic (exact) mass is 256 g/mol. The standard InChI is InChI=1S/C16H16O3/c1-11-3-6-14(9-15(11)16(18)19-2)13-7-4-12(10-17)5-8-13/h3-9,17H,10H2,1-2H3. The van der Waals surface area contributed by atoms with Crippen LogP contribution >= 0.6 is 0 Å². The van der Waals surface area contributed by atoms with Crippen molar-refractivity contribution in [1.29, 1.82) is 0 Å². The van der Waals surface area contributed by atoms with Crippen molar-refractivity contribution in [2.75, 3.05) is 7.11 Å². The van der Waals surface area contributed by atoms with Gasteiger partial charge in [0.1, 0.15) is 0 Å². The van der Waals surface area contributed by atoms with E-state index in [1.807, 2.05) is 49.4 Å². The average Bonchev–Trinajstić information content (AvgIpc) is 2.47. The van der Waals surface area contributed by atoms with Crippen molar-refractivity contribution in [2.24, 2.45) is 0 Å². The molecule has 0 radical (unpaired) electrons. The van der Waals surface area contributed by atoms with E-state index in [-0.39, 0.29) is 12.6 Å². The van der Waals surface area contributed by atoms with Crippen molar-refractivity contribution >= 4 is 5.97 Å². The van der Waals surface area contributed by atoms with Gasteiger partial charge < -0.3 is 9.84 Å². The molecule has 0 unspecified atom stereocenters. The molecule has 0 bridgehead atoms.